The van der Waals surface area contributed by atoms with E-state index in [1.54, 1.807) is 6.92 Å². The zero-order chi connectivity index (χ0) is 12.6. The molecule has 5 heteroatoms. The smallest absolute Gasteiger partial charge is 0.239 e. The van der Waals surface area contributed by atoms with Crippen LogP contribution in [0.15, 0.2) is 0 Å². The Hall–Kier alpha value is -1.10. The van der Waals surface area contributed by atoms with Gasteiger partial charge in [0.05, 0.1) is 12.6 Å². The van der Waals surface area contributed by atoms with Crippen LogP contribution in [0.5, 0.6) is 0 Å². The van der Waals surface area contributed by atoms with Crippen molar-refractivity contribution in [3.05, 3.63) is 0 Å². The highest BCUT2D eigenvalue weighted by molar-refractivity contribution is 5.87. The van der Waals surface area contributed by atoms with E-state index in [2.05, 4.69) is 5.32 Å². The maximum atomic E-state index is 11.7. The summed E-state index contributed by atoms with van der Waals surface area (Å²) >= 11 is 0. The Kier molecular flexibility index (Phi) is 7.54. The van der Waals surface area contributed by atoms with Crippen molar-refractivity contribution >= 4 is 11.8 Å². The molecule has 0 saturated heterocycles. The lowest BCUT2D eigenvalue weighted by molar-refractivity contribution is -0.136. The van der Waals surface area contributed by atoms with Gasteiger partial charge >= 0.3 is 0 Å². The maximum Gasteiger partial charge on any atom is 0.239 e. The van der Waals surface area contributed by atoms with E-state index in [-0.39, 0.29) is 18.4 Å². The van der Waals surface area contributed by atoms with Gasteiger partial charge in [0.15, 0.2) is 0 Å². The highest BCUT2D eigenvalue weighted by Gasteiger charge is 2.18. The third kappa shape index (κ3) is 5.70. The monoisotopic (exact) mass is 229 g/mol. The highest BCUT2D eigenvalue weighted by atomic mass is 16.2. The first-order valence-corrected chi connectivity index (χ1v) is 5.83. The molecule has 0 aliphatic carbocycles. The van der Waals surface area contributed by atoms with Gasteiger partial charge in [0.1, 0.15) is 0 Å². The molecule has 0 aliphatic rings. The molecule has 5 nitrogen and oxygen atoms in total. The van der Waals surface area contributed by atoms with Crippen molar-refractivity contribution in [1.29, 1.82) is 0 Å². The summed E-state index contributed by atoms with van der Waals surface area (Å²) in [5.74, 6) is -0.294. The molecule has 0 spiro atoms. The third-order valence-corrected chi connectivity index (χ3v) is 2.10. The molecule has 16 heavy (non-hydrogen) atoms. The van der Waals surface area contributed by atoms with Gasteiger partial charge in [-0.25, -0.2) is 0 Å². The summed E-state index contributed by atoms with van der Waals surface area (Å²) in [6, 6.07) is -0.550. The predicted molar refractivity (Wildman–Crippen MR) is 63.8 cm³/mol. The summed E-state index contributed by atoms with van der Waals surface area (Å²) < 4.78 is 0. The lowest BCUT2D eigenvalue weighted by atomic mass is 10.2. The first-order valence-electron chi connectivity index (χ1n) is 5.83. The minimum atomic E-state index is -0.550. The molecule has 0 rings (SSSR count). The van der Waals surface area contributed by atoms with Crippen LogP contribution in [0.1, 0.15) is 33.6 Å². The fraction of sp³-hybridized carbons (Fsp3) is 0.818. The first kappa shape index (κ1) is 14.9. The van der Waals surface area contributed by atoms with Gasteiger partial charge in [-0.2, -0.15) is 0 Å². The summed E-state index contributed by atoms with van der Waals surface area (Å²) in [6.07, 6.45) is 1.71. The summed E-state index contributed by atoms with van der Waals surface area (Å²) in [5.41, 5.74) is 5.52. The van der Waals surface area contributed by atoms with Crippen LogP contribution in [0.25, 0.3) is 0 Å². The zero-order valence-electron chi connectivity index (χ0n) is 10.5. The SMILES string of the molecule is CCCNC(=O)CN(CCC)C(=O)C(C)N. The van der Waals surface area contributed by atoms with Crippen LogP contribution in [0.4, 0.5) is 0 Å². The van der Waals surface area contributed by atoms with E-state index < -0.39 is 6.04 Å². The van der Waals surface area contributed by atoms with Crippen LogP contribution < -0.4 is 11.1 Å². The van der Waals surface area contributed by atoms with Crippen molar-refractivity contribution in [3.63, 3.8) is 0 Å². The van der Waals surface area contributed by atoms with Crippen LogP contribution in [0, 0.1) is 0 Å². The Morgan fingerprint density at radius 2 is 1.94 bits per heavy atom. The van der Waals surface area contributed by atoms with Crippen molar-refractivity contribution in [2.24, 2.45) is 5.73 Å². The number of hydrogen-bond acceptors (Lipinski definition) is 3. The van der Waals surface area contributed by atoms with Crippen LogP contribution in [-0.4, -0.2) is 42.4 Å². The van der Waals surface area contributed by atoms with Gasteiger partial charge in [0.25, 0.3) is 0 Å². The van der Waals surface area contributed by atoms with Crippen molar-refractivity contribution in [3.8, 4) is 0 Å². The van der Waals surface area contributed by atoms with E-state index >= 15 is 0 Å². The largest absolute Gasteiger partial charge is 0.355 e. The number of carbonyl (C=O) groups excluding carboxylic acids is 2. The molecule has 0 aromatic rings. The molecule has 0 heterocycles. The van der Waals surface area contributed by atoms with Gasteiger partial charge in [-0.1, -0.05) is 13.8 Å². The summed E-state index contributed by atoms with van der Waals surface area (Å²) in [5, 5.41) is 2.74. The van der Waals surface area contributed by atoms with E-state index in [1.165, 1.54) is 4.90 Å². The molecular weight excluding hydrogens is 206 g/mol. The number of carbonyl (C=O) groups is 2. The van der Waals surface area contributed by atoms with Crippen molar-refractivity contribution in [1.82, 2.24) is 10.2 Å². The Morgan fingerprint density at radius 1 is 1.31 bits per heavy atom. The zero-order valence-corrected chi connectivity index (χ0v) is 10.5. The minimum Gasteiger partial charge on any atom is -0.355 e. The Bertz CT molecular complexity index is 229. The van der Waals surface area contributed by atoms with E-state index in [4.69, 9.17) is 5.73 Å². The van der Waals surface area contributed by atoms with Gasteiger partial charge in [-0.05, 0) is 19.8 Å². The molecule has 0 aromatic carbocycles. The van der Waals surface area contributed by atoms with Gasteiger partial charge in [-0.3, -0.25) is 9.59 Å². The number of nitrogens with one attached hydrogen (secondary N) is 1. The molecule has 0 radical (unpaired) electrons. The summed E-state index contributed by atoms with van der Waals surface area (Å²) in [7, 11) is 0. The van der Waals surface area contributed by atoms with E-state index in [0.29, 0.717) is 13.1 Å². The molecule has 3 N–H and O–H groups in total. The topological polar surface area (TPSA) is 75.4 Å². The quantitative estimate of drug-likeness (QED) is 0.650. The third-order valence-electron chi connectivity index (χ3n) is 2.10. The highest BCUT2D eigenvalue weighted by Crippen LogP contribution is 1.95. The molecule has 2 amide bonds. The van der Waals surface area contributed by atoms with Gasteiger partial charge in [-0.15, -0.1) is 0 Å². The van der Waals surface area contributed by atoms with Crippen LogP contribution >= 0.6 is 0 Å². The molecule has 0 aliphatic heterocycles. The first-order chi connectivity index (χ1) is 7.52. The normalized spacial score (nSPS) is 12.0. The molecule has 1 unspecified atom stereocenters. The van der Waals surface area contributed by atoms with Crippen LogP contribution in [0.3, 0.4) is 0 Å². The van der Waals surface area contributed by atoms with E-state index in [1.807, 2.05) is 13.8 Å². The molecule has 0 saturated carbocycles. The average Bonchev–Trinajstić information content (AvgIpc) is 2.24. The fourth-order valence-corrected chi connectivity index (χ4v) is 1.32. The maximum absolute atomic E-state index is 11.7. The van der Waals surface area contributed by atoms with Gasteiger partial charge in [0.2, 0.25) is 11.8 Å². The van der Waals surface area contributed by atoms with Gasteiger partial charge < -0.3 is 16.0 Å². The Balaban J connectivity index is 4.22. The molecular formula is C11H23N3O2. The average molecular weight is 229 g/mol. The summed E-state index contributed by atoms with van der Waals surface area (Å²) in [4.78, 5) is 24.6. The molecule has 94 valence electrons. The predicted octanol–water partition coefficient (Wildman–Crippen LogP) is 0.0984. The van der Waals surface area contributed by atoms with Crippen LogP contribution in [-0.2, 0) is 9.59 Å². The molecule has 0 aromatic heterocycles. The van der Waals surface area contributed by atoms with Crippen molar-refractivity contribution in [2.75, 3.05) is 19.6 Å². The van der Waals surface area contributed by atoms with Gasteiger partial charge in [0, 0.05) is 13.1 Å². The Labute approximate surface area is 97.4 Å². The standard InChI is InChI=1S/C11H23N3O2/c1-4-6-13-10(15)8-14(7-5-2)11(16)9(3)12/h9H,4-8,12H2,1-3H3,(H,13,15). The molecule has 0 bridgehead atoms. The fourth-order valence-electron chi connectivity index (χ4n) is 1.32. The lowest BCUT2D eigenvalue weighted by Crippen LogP contribution is -2.47. The summed E-state index contributed by atoms with van der Waals surface area (Å²) in [6.45, 7) is 6.90. The number of rotatable bonds is 7. The number of nitrogens with two attached hydrogens (primary N) is 1. The van der Waals surface area contributed by atoms with E-state index in [9.17, 15) is 9.59 Å². The number of nitrogens with zero attached hydrogens (tertiary/aromatic N) is 1. The van der Waals surface area contributed by atoms with E-state index in [0.717, 1.165) is 12.8 Å². The molecule has 1 atom stereocenters. The Morgan fingerprint density at radius 3 is 2.38 bits per heavy atom. The minimum absolute atomic E-state index is 0.105. The second-order valence-corrected chi connectivity index (χ2v) is 3.90. The second kappa shape index (κ2) is 8.10. The number of hydrogen-bond donors (Lipinski definition) is 2. The second-order valence-electron chi connectivity index (χ2n) is 3.90. The van der Waals surface area contributed by atoms with Crippen molar-refractivity contribution in [2.45, 2.75) is 39.7 Å². The molecule has 0 fully saturated rings. The lowest BCUT2D eigenvalue weighted by Gasteiger charge is -2.23. The van der Waals surface area contributed by atoms with Crippen molar-refractivity contribution < 1.29 is 9.59 Å². The van der Waals surface area contributed by atoms with Crippen LogP contribution in [0.2, 0.25) is 0 Å². The number of amides is 2.